The zero-order chi connectivity index (χ0) is 23.0. The molecule has 2 N–H and O–H groups in total. The molecule has 2 rings (SSSR count). The zero-order valence-electron chi connectivity index (χ0n) is 18.3. The van der Waals surface area contributed by atoms with Crippen LogP contribution in [0.1, 0.15) is 58.1 Å². The van der Waals surface area contributed by atoms with Crippen molar-refractivity contribution < 1.29 is 27.1 Å². The van der Waals surface area contributed by atoms with Gasteiger partial charge in [-0.2, -0.15) is 0 Å². The topological polar surface area (TPSA) is 105 Å². The molecule has 0 saturated carbocycles. The van der Waals surface area contributed by atoms with Crippen molar-refractivity contribution in [2.75, 3.05) is 25.4 Å². The highest BCUT2D eigenvalue weighted by atomic mass is 32.2. The molecule has 1 fully saturated rings. The van der Waals surface area contributed by atoms with Crippen molar-refractivity contribution in [3.8, 4) is 5.75 Å². The number of urea groups is 1. The number of benzene rings is 1. The van der Waals surface area contributed by atoms with Gasteiger partial charge in [0.05, 0.1) is 12.4 Å². The third kappa shape index (κ3) is 8.45. The lowest BCUT2D eigenvalue weighted by atomic mass is 10.1. The van der Waals surface area contributed by atoms with Crippen LogP contribution in [0.15, 0.2) is 18.2 Å². The molecule has 1 aromatic carbocycles. The van der Waals surface area contributed by atoms with Crippen molar-refractivity contribution in [3.63, 3.8) is 0 Å². The molecule has 1 saturated heterocycles. The van der Waals surface area contributed by atoms with Gasteiger partial charge in [-0.15, -0.1) is 0 Å². The number of imide groups is 1. The fourth-order valence-electron chi connectivity index (χ4n) is 3.14. The van der Waals surface area contributed by atoms with Gasteiger partial charge in [-0.1, -0.05) is 26.3 Å². The first-order chi connectivity index (χ1) is 14.6. The molecular formula is C21H32FN3O5S. The van der Waals surface area contributed by atoms with Gasteiger partial charge in [-0.25, -0.2) is 22.3 Å². The maximum absolute atomic E-state index is 13.9. The van der Waals surface area contributed by atoms with E-state index in [1.165, 1.54) is 12.1 Å². The second-order valence-corrected chi connectivity index (χ2v) is 10.1. The lowest BCUT2D eigenvalue weighted by molar-refractivity contribution is -0.121. The second kappa shape index (κ2) is 11.4. The monoisotopic (exact) mass is 457 g/mol. The molecule has 0 aliphatic carbocycles. The first-order valence-electron chi connectivity index (χ1n) is 10.6. The van der Waals surface area contributed by atoms with Gasteiger partial charge in [0.2, 0.25) is 15.9 Å². The number of ether oxygens (including phenoxy) is 1. The van der Waals surface area contributed by atoms with E-state index in [1.54, 1.807) is 17.9 Å². The minimum Gasteiger partial charge on any atom is -0.490 e. The van der Waals surface area contributed by atoms with Crippen LogP contribution in [0, 0.1) is 11.7 Å². The highest BCUT2D eigenvalue weighted by molar-refractivity contribution is 7.89. The Labute approximate surface area is 183 Å². The first-order valence-corrected chi connectivity index (χ1v) is 12.2. The summed E-state index contributed by atoms with van der Waals surface area (Å²) >= 11 is 0. The van der Waals surface area contributed by atoms with Gasteiger partial charge in [0.1, 0.15) is 0 Å². The summed E-state index contributed by atoms with van der Waals surface area (Å²) in [5, 5.41) is 2.26. The smallest absolute Gasteiger partial charge is 0.324 e. The Kier molecular flexibility index (Phi) is 9.24. The van der Waals surface area contributed by atoms with Crippen LogP contribution in [-0.2, 0) is 14.8 Å². The van der Waals surface area contributed by atoms with Gasteiger partial charge in [-0.3, -0.25) is 10.1 Å². The fourth-order valence-corrected chi connectivity index (χ4v) is 4.51. The number of hydrogen-bond donors (Lipinski definition) is 2. The SMILES string of the molecule is CC(C)COc1cc([C@@H](C)NS(=O)(=O)CCCCCN2CCC(=O)NC2=O)ccc1F. The summed E-state index contributed by atoms with van der Waals surface area (Å²) in [5.41, 5.74) is 0.620. The molecule has 1 atom stereocenters. The number of unbranched alkanes of at least 4 members (excludes halogenated alkanes) is 2. The molecule has 0 bridgehead atoms. The van der Waals surface area contributed by atoms with E-state index in [2.05, 4.69) is 10.0 Å². The van der Waals surface area contributed by atoms with Crippen molar-refractivity contribution in [2.45, 2.75) is 52.5 Å². The van der Waals surface area contributed by atoms with Gasteiger partial charge in [0.15, 0.2) is 11.6 Å². The minimum absolute atomic E-state index is 0.0417. The lowest BCUT2D eigenvalue weighted by Crippen LogP contribution is -2.49. The van der Waals surface area contributed by atoms with E-state index in [9.17, 15) is 22.4 Å². The van der Waals surface area contributed by atoms with Crippen LogP contribution in [0.4, 0.5) is 9.18 Å². The quantitative estimate of drug-likeness (QED) is 0.470. The molecule has 1 aromatic rings. The number of rotatable bonds is 12. The Hall–Kier alpha value is -2.20. The molecule has 10 heteroatoms. The standard InChI is InChI=1S/C21H32FN3O5S/c1-15(2)14-30-19-13-17(7-8-18(19)22)16(3)24-31(28,29)12-6-4-5-10-25-11-9-20(26)23-21(25)27/h7-8,13,15-16,24H,4-6,9-12,14H2,1-3H3,(H,23,26,27)/t16-/m1/s1. The third-order valence-corrected chi connectivity index (χ3v) is 6.41. The van der Waals surface area contributed by atoms with Crippen LogP contribution in [0.3, 0.4) is 0 Å². The zero-order valence-corrected chi connectivity index (χ0v) is 19.1. The van der Waals surface area contributed by atoms with Crippen LogP contribution in [-0.4, -0.2) is 50.7 Å². The van der Waals surface area contributed by atoms with Crippen LogP contribution in [0.5, 0.6) is 5.75 Å². The van der Waals surface area contributed by atoms with Crippen LogP contribution in [0.25, 0.3) is 0 Å². The van der Waals surface area contributed by atoms with E-state index in [1.807, 2.05) is 13.8 Å². The van der Waals surface area contributed by atoms with Crippen LogP contribution < -0.4 is 14.8 Å². The van der Waals surface area contributed by atoms with Crippen LogP contribution in [0.2, 0.25) is 0 Å². The van der Waals surface area contributed by atoms with E-state index < -0.39 is 27.9 Å². The summed E-state index contributed by atoms with van der Waals surface area (Å²) in [6.45, 7) is 6.87. The van der Waals surface area contributed by atoms with E-state index >= 15 is 0 Å². The average Bonchev–Trinajstić information content (AvgIpc) is 2.68. The van der Waals surface area contributed by atoms with Crippen molar-refractivity contribution in [3.05, 3.63) is 29.6 Å². The van der Waals surface area contributed by atoms with E-state index in [-0.39, 0.29) is 29.7 Å². The molecule has 1 aliphatic heterocycles. The first kappa shape index (κ1) is 25.1. The van der Waals surface area contributed by atoms with Crippen molar-refractivity contribution in [1.29, 1.82) is 0 Å². The van der Waals surface area contributed by atoms with Gasteiger partial charge in [-0.05, 0) is 43.4 Å². The number of sulfonamides is 1. The molecule has 8 nitrogen and oxygen atoms in total. The highest BCUT2D eigenvalue weighted by Gasteiger charge is 2.22. The van der Waals surface area contributed by atoms with Crippen molar-refractivity contribution in [1.82, 2.24) is 14.9 Å². The number of halogens is 1. The number of carbonyl (C=O) groups is 2. The molecule has 3 amide bonds. The Balaban J connectivity index is 1.78. The van der Waals surface area contributed by atoms with Gasteiger partial charge in [0.25, 0.3) is 0 Å². The summed E-state index contributed by atoms with van der Waals surface area (Å²) in [4.78, 5) is 24.4. The molecule has 0 radical (unpaired) electrons. The van der Waals surface area contributed by atoms with Crippen molar-refractivity contribution >= 4 is 22.0 Å². The number of hydrogen-bond acceptors (Lipinski definition) is 5. The summed E-state index contributed by atoms with van der Waals surface area (Å²) in [6, 6.07) is 3.43. The predicted molar refractivity (Wildman–Crippen MR) is 116 cm³/mol. The third-order valence-electron chi connectivity index (χ3n) is 4.87. The Morgan fingerprint density at radius 2 is 1.94 bits per heavy atom. The second-order valence-electron chi connectivity index (χ2n) is 8.20. The predicted octanol–water partition coefficient (Wildman–Crippen LogP) is 2.95. The maximum Gasteiger partial charge on any atom is 0.324 e. The lowest BCUT2D eigenvalue weighted by Gasteiger charge is -2.26. The largest absolute Gasteiger partial charge is 0.490 e. The normalized spacial score (nSPS) is 15.8. The number of nitrogens with one attached hydrogen (secondary N) is 2. The minimum atomic E-state index is -3.52. The summed E-state index contributed by atoms with van der Waals surface area (Å²) < 4.78 is 46.8. The molecule has 1 heterocycles. The number of amides is 3. The van der Waals surface area contributed by atoms with Crippen LogP contribution >= 0.6 is 0 Å². The fraction of sp³-hybridized carbons (Fsp3) is 0.619. The number of carbonyl (C=O) groups excluding carboxylic acids is 2. The molecule has 0 spiro atoms. The number of nitrogens with zero attached hydrogens (tertiary/aromatic N) is 1. The summed E-state index contributed by atoms with van der Waals surface area (Å²) in [5.74, 6) is -0.440. The Bertz CT molecular complexity index is 876. The molecule has 31 heavy (non-hydrogen) atoms. The molecule has 174 valence electrons. The Morgan fingerprint density at radius 1 is 1.19 bits per heavy atom. The molecule has 0 unspecified atom stereocenters. The summed E-state index contributed by atoms with van der Waals surface area (Å²) in [6.07, 6.45) is 2.02. The maximum atomic E-state index is 13.9. The van der Waals surface area contributed by atoms with Gasteiger partial charge < -0.3 is 9.64 Å². The van der Waals surface area contributed by atoms with Gasteiger partial charge >= 0.3 is 6.03 Å². The average molecular weight is 458 g/mol. The Morgan fingerprint density at radius 3 is 2.61 bits per heavy atom. The van der Waals surface area contributed by atoms with Crippen molar-refractivity contribution in [2.24, 2.45) is 5.92 Å². The highest BCUT2D eigenvalue weighted by Crippen LogP contribution is 2.24. The van der Waals surface area contributed by atoms with E-state index in [4.69, 9.17) is 4.74 Å². The van der Waals surface area contributed by atoms with E-state index in [0.29, 0.717) is 44.5 Å². The van der Waals surface area contributed by atoms with E-state index in [0.717, 1.165) is 0 Å². The molecule has 0 aromatic heterocycles. The molecule has 1 aliphatic rings. The molecular weight excluding hydrogens is 425 g/mol. The summed E-state index contributed by atoms with van der Waals surface area (Å²) in [7, 11) is -3.52. The van der Waals surface area contributed by atoms with Gasteiger partial charge in [0, 0.05) is 25.6 Å².